The van der Waals surface area contributed by atoms with E-state index in [1.165, 1.54) is 12.0 Å². The summed E-state index contributed by atoms with van der Waals surface area (Å²) in [6.45, 7) is 9.57. The Kier molecular flexibility index (Phi) is 9.70. The molecular weight excluding hydrogens is 408 g/mol. The van der Waals surface area contributed by atoms with Crippen molar-refractivity contribution in [1.82, 2.24) is 5.32 Å². The first-order chi connectivity index (χ1) is 16.1. The fourth-order valence-corrected chi connectivity index (χ4v) is 3.90. The molecule has 1 fully saturated rings. The van der Waals surface area contributed by atoms with Crippen molar-refractivity contribution < 1.29 is 4.79 Å². The SMILES string of the molecule is C=Nc1cc(NCCC)ccc1N(C)CCCNCc1ccc(/C=C/C(=O)C2CCC2)cc1. The van der Waals surface area contributed by atoms with E-state index in [1.807, 2.05) is 6.08 Å². The second-order valence-electron chi connectivity index (χ2n) is 8.85. The Hall–Kier alpha value is -2.92. The van der Waals surface area contributed by atoms with Crippen molar-refractivity contribution in [2.24, 2.45) is 10.9 Å². The minimum absolute atomic E-state index is 0.269. The molecule has 0 aromatic heterocycles. The lowest BCUT2D eigenvalue weighted by Crippen LogP contribution is -2.23. The first-order valence-corrected chi connectivity index (χ1v) is 12.2. The molecular formula is C28H38N4O. The molecule has 0 spiro atoms. The lowest BCUT2D eigenvalue weighted by molar-refractivity contribution is -0.120. The van der Waals surface area contributed by atoms with Crippen molar-refractivity contribution in [3.05, 3.63) is 59.7 Å². The van der Waals surface area contributed by atoms with E-state index < -0.39 is 0 Å². The Labute approximate surface area is 199 Å². The number of allylic oxidation sites excluding steroid dienone is 1. The van der Waals surface area contributed by atoms with E-state index >= 15 is 0 Å². The predicted octanol–water partition coefficient (Wildman–Crippen LogP) is 5.84. The third-order valence-corrected chi connectivity index (χ3v) is 6.24. The zero-order chi connectivity index (χ0) is 23.5. The van der Waals surface area contributed by atoms with Gasteiger partial charge in [-0.2, -0.15) is 0 Å². The maximum absolute atomic E-state index is 12.0. The number of carbonyl (C=O) groups excluding carboxylic acids is 1. The van der Waals surface area contributed by atoms with Crippen molar-refractivity contribution in [2.75, 3.05) is 36.9 Å². The van der Waals surface area contributed by atoms with Gasteiger partial charge >= 0.3 is 0 Å². The zero-order valence-electron chi connectivity index (χ0n) is 20.1. The molecule has 2 aromatic carbocycles. The largest absolute Gasteiger partial charge is 0.385 e. The van der Waals surface area contributed by atoms with Crippen molar-refractivity contribution in [2.45, 2.75) is 45.6 Å². The Morgan fingerprint density at radius 1 is 1.18 bits per heavy atom. The topological polar surface area (TPSA) is 56.7 Å². The molecule has 0 aliphatic heterocycles. The van der Waals surface area contributed by atoms with E-state index in [-0.39, 0.29) is 11.7 Å². The van der Waals surface area contributed by atoms with E-state index in [2.05, 4.69) is 83.7 Å². The molecule has 0 radical (unpaired) electrons. The summed E-state index contributed by atoms with van der Waals surface area (Å²) < 4.78 is 0. The number of aliphatic imine (C=N–C) groups is 1. The second-order valence-corrected chi connectivity index (χ2v) is 8.85. The highest BCUT2D eigenvalue weighted by Crippen LogP contribution is 2.31. The smallest absolute Gasteiger partial charge is 0.158 e. The summed E-state index contributed by atoms with van der Waals surface area (Å²) >= 11 is 0. The number of nitrogens with zero attached hydrogens (tertiary/aromatic N) is 2. The van der Waals surface area contributed by atoms with Gasteiger partial charge in [0.25, 0.3) is 0 Å². The maximum Gasteiger partial charge on any atom is 0.158 e. The zero-order valence-corrected chi connectivity index (χ0v) is 20.1. The van der Waals surface area contributed by atoms with Gasteiger partial charge < -0.3 is 15.5 Å². The standard InChI is InChI=1S/C28H38N4O/c1-4-17-31-25-14-15-27(26(20-25)29-2)32(3)19-6-18-30-21-23-11-9-22(10-12-23)13-16-28(33)24-7-5-8-24/h9-16,20,24,30-31H,2,4-8,17-19,21H2,1,3H3/b16-13+. The molecule has 0 heterocycles. The molecule has 5 nitrogen and oxygen atoms in total. The number of rotatable bonds is 14. The molecule has 1 aliphatic rings. The predicted molar refractivity (Wildman–Crippen MR) is 142 cm³/mol. The van der Waals surface area contributed by atoms with E-state index in [0.29, 0.717) is 0 Å². The third-order valence-electron chi connectivity index (χ3n) is 6.24. The number of nitrogens with one attached hydrogen (secondary N) is 2. The van der Waals surface area contributed by atoms with Crippen LogP contribution in [0.2, 0.25) is 0 Å². The molecule has 1 aliphatic carbocycles. The minimum atomic E-state index is 0.269. The molecule has 0 amide bonds. The molecule has 33 heavy (non-hydrogen) atoms. The van der Waals surface area contributed by atoms with Gasteiger partial charge in [-0.25, -0.2) is 0 Å². The van der Waals surface area contributed by atoms with Crippen molar-refractivity contribution in [3.8, 4) is 0 Å². The van der Waals surface area contributed by atoms with Gasteiger partial charge in [0, 0.05) is 38.3 Å². The van der Waals surface area contributed by atoms with Crippen LogP contribution in [-0.4, -0.2) is 39.2 Å². The van der Waals surface area contributed by atoms with Crippen LogP contribution in [0.1, 0.15) is 50.2 Å². The summed E-state index contributed by atoms with van der Waals surface area (Å²) in [7, 11) is 2.10. The molecule has 2 aromatic rings. The van der Waals surface area contributed by atoms with Gasteiger partial charge in [0.05, 0.1) is 11.4 Å². The van der Waals surface area contributed by atoms with E-state index in [9.17, 15) is 4.79 Å². The third kappa shape index (κ3) is 7.57. The summed E-state index contributed by atoms with van der Waals surface area (Å²) in [6, 6.07) is 14.7. The molecule has 1 saturated carbocycles. The monoisotopic (exact) mass is 446 g/mol. The highest BCUT2D eigenvalue weighted by atomic mass is 16.1. The quantitative estimate of drug-likeness (QED) is 0.217. The fraction of sp³-hybridized carbons (Fsp3) is 0.429. The van der Waals surface area contributed by atoms with Gasteiger partial charge in [-0.15, -0.1) is 0 Å². The molecule has 5 heteroatoms. The Bertz CT molecular complexity index is 931. The molecule has 176 valence electrons. The van der Waals surface area contributed by atoms with Crippen LogP contribution in [0.3, 0.4) is 0 Å². The second kappa shape index (κ2) is 12.9. The number of ketones is 1. The van der Waals surface area contributed by atoms with Crippen molar-refractivity contribution >= 4 is 35.6 Å². The van der Waals surface area contributed by atoms with Crippen molar-refractivity contribution in [1.29, 1.82) is 0 Å². The number of benzene rings is 2. The number of anilines is 2. The molecule has 2 N–H and O–H groups in total. The number of hydrogen-bond donors (Lipinski definition) is 2. The van der Waals surface area contributed by atoms with Gasteiger partial charge in [0.2, 0.25) is 0 Å². The Balaban J connectivity index is 1.38. The summed E-state index contributed by atoms with van der Waals surface area (Å²) in [5.41, 5.74) is 5.43. The highest BCUT2D eigenvalue weighted by Gasteiger charge is 2.22. The highest BCUT2D eigenvalue weighted by molar-refractivity contribution is 5.95. The first kappa shape index (κ1) is 24.7. The van der Waals surface area contributed by atoms with Gasteiger partial charge in [-0.1, -0.05) is 43.7 Å². The van der Waals surface area contributed by atoms with Gasteiger partial charge in [-0.05, 0) is 74.3 Å². The van der Waals surface area contributed by atoms with Crippen molar-refractivity contribution in [3.63, 3.8) is 0 Å². The van der Waals surface area contributed by atoms with Crippen LogP contribution in [0.25, 0.3) is 6.08 Å². The van der Waals surface area contributed by atoms with Gasteiger partial charge in [0.1, 0.15) is 0 Å². The average Bonchev–Trinajstić information content (AvgIpc) is 2.80. The average molecular weight is 447 g/mol. The van der Waals surface area contributed by atoms with Crippen LogP contribution in [0.4, 0.5) is 17.1 Å². The first-order valence-electron chi connectivity index (χ1n) is 12.2. The van der Waals surface area contributed by atoms with Crippen LogP contribution < -0.4 is 15.5 Å². The number of carbonyl (C=O) groups is 1. The normalized spacial score (nSPS) is 13.6. The number of hydrogen-bond acceptors (Lipinski definition) is 5. The summed E-state index contributed by atoms with van der Waals surface area (Å²) in [5, 5.41) is 6.92. The molecule has 0 atom stereocenters. The Morgan fingerprint density at radius 2 is 1.97 bits per heavy atom. The molecule has 3 rings (SSSR count). The summed E-state index contributed by atoms with van der Waals surface area (Å²) in [5.74, 6) is 0.544. The molecule has 0 saturated heterocycles. The minimum Gasteiger partial charge on any atom is -0.385 e. The molecule has 0 bridgehead atoms. The van der Waals surface area contributed by atoms with Gasteiger partial charge in [0.15, 0.2) is 5.78 Å². The Morgan fingerprint density at radius 3 is 2.64 bits per heavy atom. The van der Waals surface area contributed by atoms with Crippen LogP contribution in [0, 0.1) is 5.92 Å². The van der Waals surface area contributed by atoms with Gasteiger partial charge in [-0.3, -0.25) is 9.79 Å². The maximum atomic E-state index is 12.0. The van der Waals surface area contributed by atoms with Crippen LogP contribution in [-0.2, 0) is 11.3 Å². The fourth-order valence-electron chi connectivity index (χ4n) is 3.90. The summed E-state index contributed by atoms with van der Waals surface area (Å²) in [4.78, 5) is 18.4. The summed E-state index contributed by atoms with van der Waals surface area (Å²) in [6.07, 6.45) is 9.11. The molecule has 0 unspecified atom stereocenters. The van der Waals surface area contributed by atoms with Crippen LogP contribution in [0.5, 0.6) is 0 Å². The van der Waals surface area contributed by atoms with Crippen LogP contribution in [0.15, 0.2) is 53.5 Å². The van der Waals surface area contributed by atoms with E-state index in [0.717, 1.165) is 74.5 Å². The van der Waals surface area contributed by atoms with E-state index in [1.54, 1.807) is 6.08 Å². The lowest BCUT2D eigenvalue weighted by Gasteiger charge is -2.22. The van der Waals surface area contributed by atoms with Crippen LogP contribution >= 0.6 is 0 Å². The lowest BCUT2D eigenvalue weighted by atomic mass is 9.82. The van der Waals surface area contributed by atoms with E-state index in [4.69, 9.17) is 0 Å².